The van der Waals surface area contributed by atoms with Gasteiger partial charge in [0.25, 0.3) is 0 Å². The van der Waals surface area contributed by atoms with Gasteiger partial charge in [-0.2, -0.15) is 0 Å². The zero-order valence-corrected chi connectivity index (χ0v) is 11.6. The molecule has 1 fully saturated rings. The van der Waals surface area contributed by atoms with Crippen LogP contribution in [0.1, 0.15) is 32.1 Å². The van der Waals surface area contributed by atoms with Crippen LogP contribution in [0, 0.1) is 0 Å². The fourth-order valence-electron chi connectivity index (χ4n) is 3.00. The Hall–Kier alpha value is -1.81. The molecule has 4 N–H and O–H groups in total. The highest BCUT2D eigenvalue weighted by Gasteiger charge is 2.28. The van der Waals surface area contributed by atoms with Crippen LogP contribution in [-0.2, 0) is 0 Å². The third-order valence-corrected chi connectivity index (χ3v) is 4.19. The third kappa shape index (κ3) is 2.56. The standard InChI is InChI=1S/C16H21N3O/c17-13-6-7-14(12-5-4-10-18-15(12)13)19-11-16(20)8-2-1-3-9-16/h4-7,10,19-20H,1-3,8-9,11,17H2. The summed E-state index contributed by atoms with van der Waals surface area (Å²) in [7, 11) is 0. The molecule has 0 saturated heterocycles. The number of hydrogen-bond donors (Lipinski definition) is 3. The summed E-state index contributed by atoms with van der Waals surface area (Å²) in [6.45, 7) is 0.584. The molecule has 1 aromatic carbocycles. The first-order valence-electron chi connectivity index (χ1n) is 7.27. The fraction of sp³-hybridized carbons (Fsp3) is 0.438. The summed E-state index contributed by atoms with van der Waals surface area (Å²) >= 11 is 0. The van der Waals surface area contributed by atoms with Crippen molar-refractivity contribution in [1.82, 2.24) is 4.98 Å². The van der Waals surface area contributed by atoms with Gasteiger partial charge in [0, 0.05) is 23.8 Å². The maximum atomic E-state index is 10.6. The van der Waals surface area contributed by atoms with Crippen molar-refractivity contribution in [3.05, 3.63) is 30.5 Å². The predicted octanol–water partition coefficient (Wildman–Crippen LogP) is 2.92. The number of nitrogens with zero attached hydrogens (tertiary/aromatic N) is 1. The Morgan fingerprint density at radius 3 is 2.80 bits per heavy atom. The lowest BCUT2D eigenvalue weighted by Crippen LogP contribution is -2.38. The zero-order valence-electron chi connectivity index (χ0n) is 11.6. The number of aromatic nitrogens is 1. The first-order valence-corrected chi connectivity index (χ1v) is 7.27. The van der Waals surface area contributed by atoms with Crippen LogP contribution in [0.5, 0.6) is 0 Å². The lowest BCUT2D eigenvalue weighted by Gasteiger charge is -2.32. The van der Waals surface area contributed by atoms with E-state index in [9.17, 15) is 5.11 Å². The number of pyridine rings is 1. The highest BCUT2D eigenvalue weighted by molar-refractivity contribution is 5.98. The molecule has 1 saturated carbocycles. The van der Waals surface area contributed by atoms with Gasteiger partial charge in [-0.1, -0.05) is 19.3 Å². The second kappa shape index (κ2) is 5.29. The van der Waals surface area contributed by atoms with E-state index in [0.29, 0.717) is 12.2 Å². The van der Waals surface area contributed by atoms with Crippen LogP contribution in [0.3, 0.4) is 0 Å². The smallest absolute Gasteiger partial charge is 0.0951 e. The lowest BCUT2D eigenvalue weighted by molar-refractivity contribution is 0.0167. The number of hydrogen-bond acceptors (Lipinski definition) is 4. The quantitative estimate of drug-likeness (QED) is 0.751. The molecule has 0 atom stereocenters. The second-order valence-corrected chi connectivity index (χ2v) is 5.74. The number of anilines is 2. The largest absolute Gasteiger partial charge is 0.397 e. The van der Waals surface area contributed by atoms with Crippen LogP contribution in [0.2, 0.25) is 0 Å². The average Bonchev–Trinajstić information content (AvgIpc) is 2.48. The molecule has 4 nitrogen and oxygen atoms in total. The van der Waals surface area contributed by atoms with Crippen LogP contribution in [0.4, 0.5) is 11.4 Å². The van der Waals surface area contributed by atoms with E-state index < -0.39 is 5.60 Å². The van der Waals surface area contributed by atoms with Gasteiger partial charge in [-0.15, -0.1) is 0 Å². The summed E-state index contributed by atoms with van der Waals surface area (Å²) < 4.78 is 0. The molecule has 106 valence electrons. The summed E-state index contributed by atoms with van der Waals surface area (Å²) in [4.78, 5) is 4.33. The molecule has 3 rings (SSSR count). The lowest BCUT2D eigenvalue weighted by atomic mass is 9.85. The van der Waals surface area contributed by atoms with Gasteiger partial charge in [0.1, 0.15) is 0 Å². The van der Waals surface area contributed by atoms with Gasteiger partial charge in [0.2, 0.25) is 0 Å². The molecule has 1 heterocycles. The summed E-state index contributed by atoms with van der Waals surface area (Å²) in [6, 6.07) is 7.74. The van der Waals surface area contributed by atoms with Crippen molar-refractivity contribution in [2.45, 2.75) is 37.7 Å². The Morgan fingerprint density at radius 1 is 1.20 bits per heavy atom. The molecule has 2 aromatic rings. The summed E-state index contributed by atoms with van der Waals surface area (Å²) in [5.41, 5.74) is 7.86. The van der Waals surface area contributed by atoms with E-state index in [1.54, 1.807) is 6.20 Å². The van der Waals surface area contributed by atoms with Crippen molar-refractivity contribution in [2.24, 2.45) is 0 Å². The SMILES string of the molecule is Nc1ccc(NCC2(O)CCCCC2)c2cccnc12. The number of aliphatic hydroxyl groups is 1. The molecule has 1 aliphatic carbocycles. The van der Waals surface area contributed by atoms with Gasteiger partial charge in [-0.05, 0) is 37.1 Å². The fourth-order valence-corrected chi connectivity index (χ4v) is 3.00. The summed E-state index contributed by atoms with van der Waals surface area (Å²) in [5.74, 6) is 0. The highest BCUT2D eigenvalue weighted by atomic mass is 16.3. The molecule has 20 heavy (non-hydrogen) atoms. The molecule has 1 aromatic heterocycles. The van der Waals surface area contributed by atoms with Crippen molar-refractivity contribution in [3.8, 4) is 0 Å². The minimum atomic E-state index is -0.575. The topological polar surface area (TPSA) is 71.2 Å². The molecule has 1 aliphatic rings. The van der Waals surface area contributed by atoms with E-state index in [1.165, 1.54) is 6.42 Å². The monoisotopic (exact) mass is 271 g/mol. The molecule has 0 spiro atoms. The molecule has 0 unspecified atom stereocenters. The Morgan fingerprint density at radius 2 is 2.00 bits per heavy atom. The van der Waals surface area contributed by atoms with Crippen LogP contribution in [0.15, 0.2) is 30.5 Å². The number of nitrogen functional groups attached to an aromatic ring is 1. The number of nitrogens with two attached hydrogens (primary N) is 1. The van der Waals surface area contributed by atoms with E-state index in [0.717, 1.165) is 42.3 Å². The van der Waals surface area contributed by atoms with Crippen molar-refractivity contribution in [3.63, 3.8) is 0 Å². The second-order valence-electron chi connectivity index (χ2n) is 5.74. The number of benzene rings is 1. The van der Waals surface area contributed by atoms with Crippen LogP contribution in [-0.4, -0.2) is 22.2 Å². The molecule has 0 amide bonds. The minimum Gasteiger partial charge on any atom is -0.397 e. The Balaban J connectivity index is 1.82. The molecule has 0 aliphatic heterocycles. The highest BCUT2D eigenvalue weighted by Crippen LogP contribution is 2.30. The molecular weight excluding hydrogens is 250 g/mol. The first-order chi connectivity index (χ1) is 9.68. The van der Waals surface area contributed by atoms with Gasteiger partial charge >= 0.3 is 0 Å². The molecule has 0 bridgehead atoms. The van der Waals surface area contributed by atoms with Crippen LogP contribution in [0.25, 0.3) is 10.9 Å². The average molecular weight is 271 g/mol. The zero-order chi connectivity index (χ0) is 14.0. The van der Waals surface area contributed by atoms with Gasteiger partial charge in [0.05, 0.1) is 16.8 Å². The third-order valence-electron chi connectivity index (χ3n) is 4.19. The van der Waals surface area contributed by atoms with E-state index in [2.05, 4.69) is 10.3 Å². The van der Waals surface area contributed by atoms with Crippen LogP contribution >= 0.6 is 0 Å². The Labute approximate surface area is 119 Å². The maximum Gasteiger partial charge on any atom is 0.0951 e. The van der Waals surface area contributed by atoms with Crippen LogP contribution < -0.4 is 11.1 Å². The maximum absolute atomic E-state index is 10.6. The first kappa shape index (κ1) is 13.2. The van der Waals surface area contributed by atoms with Gasteiger partial charge in [-0.25, -0.2) is 0 Å². The van der Waals surface area contributed by atoms with Crippen molar-refractivity contribution in [1.29, 1.82) is 0 Å². The van der Waals surface area contributed by atoms with Crippen molar-refractivity contribution in [2.75, 3.05) is 17.6 Å². The summed E-state index contributed by atoms with van der Waals surface area (Å²) in [6.07, 6.45) is 6.97. The minimum absolute atomic E-state index is 0.575. The number of nitrogens with one attached hydrogen (secondary N) is 1. The molecule has 0 radical (unpaired) electrons. The van der Waals surface area contributed by atoms with E-state index in [-0.39, 0.29) is 0 Å². The van der Waals surface area contributed by atoms with Gasteiger partial charge < -0.3 is 16.2 Å². The molecular formula is C16H21N3O. The van der Waals surface area contributed by atoms with Crippen molar-refractivity contribution >= 4 is 22.3 Å². The Kier molecular flexibility index (Phi) is 3.49. The number of rotatable bonds is 3. The Bertz CT molecular complexity index is 606. The normalized spacial score (nSPS) is 18.1. The predicted molar refractivity (Wildman–Crippen MR) is 82.7 cm³/mol. The van der Waals surface area contributed by atoms with Gasteiger partial charge in [0.15, 0.2) is 0 Å². The number of fused-ring (bicyclic) bond motifs is 1. The van der Waals surface area contributed by atoms with E-state index in [1.807, 2.05) is 24.3 Å². The van der Waals surface area contributed by atoms with E-state index in [4.69, 9.17) is 5.73 Å². The van der Waals surface area contributed by atoms with Crippen molar-refractivity contribution < 1.29 is 5.11 Å². The molecule has 4 heteroatoms. The van der Waals surface area contributed by atoms with Gasteiger partial charge in [-0.3, -0.25) is 4.98 Å². The van der Waals surface area contributed by atoms with E-state index >= 15 is 0 Å². The summed E-state index contributed by atoms with van der Waals surface area (Å²) in [5, 5.41) is 14.9.